The van der Waals surface area contributed by atoms with Gasteiger partial charge in [-0.05, 0) is 5.92 Å². The van der Waals surface area contributed by atoms with E-state index in [1.807, 2.05) is 0 Å². The Morgan fingerprint density at radius 3 is 2.73 bits per heavy atom. The minimum absolute atomic E-state index is 0. The first-order valence-electron chi connectivity index (χ1n) is 4.71. The molecule has 0 spiro atoms. The van der Waals surface area contributed by atoms with E-state index in [0.29, 0.717) is 0 Å². The van der Waals surface area contributed by atoms with Gasteiger partial charge in [0.2, 0.25) is 0 Å². The zero-order valence-corrected chi connectivity index (χ0v) is 7.84. The van der Waals surface area contributed by atoms with E-state index in [9.17, 15) is 0 Å². The van der Waals surface area contributed by atoms with Gasteiger partial charge in [0.05, 0.1) is 0 Å². The van der Waals surface area contributed by atoms with E-state index < -0.39 is 0 Å². The molecule has 2 bridgehead atoms. The molecule has 0 aliphatic carbocycles. The van der Waals surface area contributed by atoms with Crippen molar-refractivity contribution < 1.29 is 20.3 Å². The van der Waals surface area contributed by atoms with E-state index in [0.717, 1.165) is 17.6 Å². The molecule has 11 heavy (non-hydrogen) atoms. The summed E-state index contributed by atoms with van der Waals surface area (Å²) >= 11 is 0. The van der Waals surface area contributed by atoms with E-state index in [4.69, 9.17) is 0 Å². The predicted octanol–water partition coefficient (Wildman–Crippen LogP) is -0.00210. The quantitative estimate of drug-likeness (QED) is 0.418. The van der Waals surface area contributed by atoms with Gasteiger partial charge in [0, 0.05) is 0 Å². The SMILES string of the molecule is CC1CCC2[B]C1CCC2.[H-].[Li+]. The maximum Gasteiger partial charge on any atom is 1.00 e. The zero-order chi connectivity index (χ0) is 6.97. The fraction of sp³-hybridized carbons (Fsp3) is 1.00. The molecule has 2 rings (SSSR count). The van der Waals surface area contributed by atoms with Crippen molar-refractivity contribution in [1.29, 1.82) is 0 Å². The van der Waals surface area contributed by atoms with Gasteiger partial charge < -0.3 is 1.43 Å². The Labute approximate surface area is 84.4 Å². The predicted molar refractivity (Wildman–Crippen MR) is 46.6 cm³/mol. The molecule has 0 aromatic carbocycles. The molecule has 2 saturated heterocycles. The van der Waals surface area contributed by atoms with Gasteiger partial charge in [-0.15, -0.1) is 0 Å². The standard InChI is InChI=1S/C9H16B.Li.H/c1-7-5-6-8-3-2-4-9(7)10-8;;/h7-9H,2-6H2,1H3;;/q;+1;-1. The van der Waals surface area contributed by atoms with Gasteiger partial charge in [-0.1, -0.05) is 50.7 Å². The Balaban J connectivity index is 0.000000605. The van der Waals surface area contributed by atoms with Crippen LogP contribution in [0.1, 0.15) is 40.5 Å². The van der Waals surface area contributed by atoms with Crippen molar-refractivity contribution in [2.24, 2.45) is 5.92 Å². The summed E-state index contributed by atoms with van der Waals surface area (Å²) in [4.78, 5) is 0. The van der Waals surface area contributed by atoms with Crippen molar-refractivity contribution in [2.75, 3.05) is 0 Å². The number of fused-ring (bicyclic) bond motifs is 2. The third kappa shape index (κ3) is 2.07. The average molecular weight is 143 g/mol. The summed E-state index contributed by atoms with van der Waals surface area (Å²) in [6, 6.07) is 0. The first-order valence-corrected chi connectivity index (χ1v) is 4.71. The van der Waals surface area contributed by atoms with Crippen molar-refractivity contribution in [3.63, 3.8) is 0 Å². The Kier molecular flexibility index (Phi) is 3.60. The summed E-state index contributed by atoms with van der Waals surface area (Å²) in [5.41, 5.74) is 0. The van der Waals surface area contributed by atoms with E-state index in [-0.39, 0.29) is 20.3 Å². The molecule has 2 heterocycles. The molecule has 3 unspecified atom stereocenters. The number of hydrogen-bond donors (Lipinski definition) is 0. The summed E-state index contributed by atoms with van der Waals surface area (Å²) in [7, 11) is 2.64. The molecule has 2 heteroatoms. The molecule has 2 fully saturated rings. The smallest absolute Gasteiger partial charge is 1.00 e. The molecule has 0 amide bonds. The van der Waals surface area contributed by atoms with Gasteiger partial charge in [-0.3, -0.25) is 0 Å². The summed E-state index contributed by atoms with van der Waals surface area (Å²) in [6.45, 7) is 2.42. The van der Waals surface area contributed by atoms with Crippen LogP contribution >= 0.6 is 0 Å². The maximum absolute atomic E-state index is 2.64. The Morgan fingerprint density at radius 2 is 2.00 bits per heavy atom. The molecule has 2 aliphatic heterocycles. The van der Waals surface area contributed by atoms with Crippen LogP contribution in [-0.2, 0) is 0 Å². The summed E-state index contributed by atoms with van der Waals surface area (Å²) < 4.78 is 0. The van der Waals surface area contributed by atoms with Crippen molar-refractivity contribution in [3.8, 4) is 0 Å². The van der Waals surface area contributed by atoms with Gasteiger partial charge in [0.1, 0.15) is 7.28 Å². The van der Waals surface area contributed by atoms with Crippen LogP contribution in [0.15, 0.2) is 0 Å². The van der Waals surface area contributed by atoms with Crippen LogP contribution in [0.4, 0.5) is 0 Å². The molecule has 2 aliphatic rings. The maximum atomic E-state index is 2.64. The van der Waals surface area contributed by atoms with Crippen LogP contribution in [-0.4, -0.2) is 7.28 Å². The number of hydrogen-bond acceptors (Lipinski definition) is 0. The van der Waals surface area contributed by atoms with Crippen LogP contribution < -0.4 is 18.9 Å². The monoisotopic (exact) mass is 143 g/mol. The van der Waals surface area contributed by atoms with Crippen LogP contribution in [0.2, 0.25) is 11.6 Å². The minimum Gasteiger partial charge on any atom is -1.00 e. The second kappa shape index (κ2) is 4.06. The summed E-state index contributed by atoms with van der Waals surface area (Å²) in [6.07, 6.45) is 7.44. The molecule has 0 saturated carbocycles. The molecule has 3 atom stereocenters. The first-order chi connectivity index (χ1) is 4.86. The Morgan fingerprint density at radius 1 is 1.18 bits per heavy atom. The van der Waals surface area contributed by atoms with Crippen molar-refractivity contribution in [1.82, 2.24) is 0 Å². The first kappa shape index (κ1) is 9.75. The van der Waals surface area contributed by atoms with Gasteiger partial charge in [-0.25, -0.2) is 0 Å². The Bertz CT molecular complexity index is 130. The van der Waals surface area contributed by atoms with Crippen molar-refractivity contribution in [3.05, 3.63) is 0 Å². The molecule has 1 radical (unpaired) electrons. The molecule has 0 N–H and O–H groups in total. The second-order valence-electron chi connectivity index (χ2n) is 4.10. The molecular weight excluding hydrogens is 126 g/mol. The molecule has 57 valence electrons. The third-order valence-corrected chi connectivity index (χ3v) is 3.36. The van der Waals surface area contributed by atoms with Gasteiger partial charge >= 0.3 is 18.9 Å². The van der Waals surface area contributed by atoms with E-state index in [2.05, 4.69) is 14.2 Å². The van der Waals surface area contributed by atoms with Crippen LogP contribution in [0.3, 0.4) is 0 Å². The van der Waals surface area contributed by atoms with Crippen LogP contribution in [0.5, 0.6) is 0 Å². The van der Waals surface area contributed by atoms with Crippen LogP contribution in [0, 0.1) is 5.92 Å². The molecule has 0 nitrogen and oxygen atoms in total. The fourth-order valence-electron chi connectivity index (χ4n) is 2.56. The number of rotatable bonds is 0. The normalized spacial score (nSPS) is 42.1. The summed E-state index contributed by atoms with van der Waals surface area (Å²) in [5.74, 6) is 3.00. The summed E-state index contributed by atoms with van der Waals surface area (Å²) in [5, 5.41) is 0. The van der Waals surface area contributed by atoms with E-state index in [1.165, 1.54) is 32.1 Å². The van der Waals surface area contributed by atoms with Gasteiger partial charge in [0.15, 0.2) is 0 Å². The minimum atomic E-state index is 0. The molecule has 0 aromatic heterocycles. The molecular formula is C9H17BLi. The van der Waals surface area contributed by atoms with Crippen LogP contribution in [0.25, 0.3) is 0 Å². The second-order valence-corrected chi connectivity index (χ2v) is 4.10. The van der Waals surface area contributed by atoms with E-state index in [1.54, 1.807) is 0 Å². The fourth-order valence-corrected chi connectivity index (χ4v) is 2.56. The largest absolute Gasteiger partial charge is 1.00 e. The zero-order valence-electron chi connectivity index (χ0n) is 8.84. The van der Waals surface area contributed by atoms with Crippen molar-refractivity contribution in [2.45, 2.75) is 50.7 Å². The topological polar surface area (TPSA) is 0 Å². The third-order valence-electron chi connectivity index (χ3n) is 3.36. The average Bonchev–Trinajstić information content (AvgIpc) is 1.99. The Hall–Kier alpha value is 0.662. The van der Waals surface area contributed by atoms with Crippen molar-refractivity contribution >= 4 is 7.28 Å². The van der Waals surface area contributed by atoms with E-state index >= 15 is 0 Å². The molecule has 0 aromatic rings. The van der Waals surface area contributed by atoms with Gasteiger partial charge in [-0.2, -0.15) is 0 Å². The van der Waals surface area contributed by atoms with Gasteiger partial charge in [0.25, 0.3) is 0 Å².